The molecule has 1 N–H and O–H groups in total. The van der Waals surface area contributed by atoms with E-state index in [4.69, 9.17) is 14.2 Å². The molecule has 2 aromatic rings. The van der Waals surface area contributed by atoms with Crippen molar-refractivity contribution in [3.05, 3.63) is 53.6 Å². The van der Waals surface area contributed by atoms with Gasteiger partial charge < -0.3 is 14.2 Å². The van der Waals surface area contributed by atoms with Crippen LogP contribution < -0.4 is 19.6 Å². The molecule has 2 rings (SSSR count). The van der Waals surface area contributed by atoms with Crippen molar-refractivity contribution in [1.29, 1.82) is 0 Å². The molecule has 0 aliphatic heterocycles. The first-order valence-corrected chi connectivity index (χ1v) is 9.03. The average molecular weight is 384 g/mol. The lowest BCUT2D eigenvalue weighted by Gasteiger charge is -2.19. The van der Waals surface area contributed by atoms with Gasteiger partial charge in [0.1, 0.15) is 17.2 Å². The van der Waals surface area contributed by atoms with Crippen LogP contribution in [0.25, 0.3) is 0 Å². The first-order valence-electron chi connectivity index (χ1n) is 9.03. The molecule has 0 heterocycles. The molecule has 0 spiro atoms. The van der Waals surface area contributed by atoms with E-state index in [0.717, 1.165) is 5.56 Å². The topological polar surface area (TPSA) is 69.2 Å². The summed E-state index contributed by atoms with van der Waals surface area (Å²) in [6.45, 7) is 8.11. The van der Waals surface area contributed by atoms with Crippen LogP contribution in [0, 0.1) is 0 Å². The SMILES string of the molecule is COc1ccc(C(C)=NNC(=O)COc2ccc(C(C)(C)C)cc2)c(OC)c1. The van der Waals surface area contributed by atoms with Crippen molar-refractivity contribution in [1.82, 2.24) is 5.43 Å². The third-order valence-electron chi connectivity index (χ3n) is 4.24. The quantitative estimate of drug-likeness (QED) is 0.580. The lowest BCUT2D eigenvalue weighted by Crippen LogP contribution is -2.25. The van der Waals surface area contributed by atoms with Gasteiger partial charge in [-0.15, -0.1) is 0 Å². The van der Waals surface area contributed by atoms with Gasteiger partial charge in [0.25, 0.3) is 5.91 Å². The lowest BCUT2D eigenvalue weighted by molar-refractivity contribution is -0.123. The number of hydrogen-bond acceptors (Lipinski definition) is 5. The number of hydrazone groups is 1. The van der Waals surface area contributed by atoms with E-state index in [2.05, 4.69) is 31.3 Å². The largest absolute Gasteiger partial charge is 0.497 e. The number of benzene rings is 2. The van der Waals surface area contributed by atoms with Crippen molar-refractivity contribution in [2.75, 3.05) is 20.8 Å². The highest BCUT2D eigenvalue weighted by Gasteiger charge is 2.13. The van der Waals surface area contributed by atoms with E-state index in [1.54, 1.807) is 27.2 Å². The number of carbonyl (C=O) groups excluding carboxylic acids is 1. The van der Waals surface area contributed by atoms with E-state index >= 15 is 0 Å². The minimum atomic E-state index is -0.341. The second-order valence-electron chi connectivity index (χ2n) is 7.36. The minimum absolute atomic E-state index is 0.0741. The van der Waals surface area contributed by atoms with Gasteiger partial charge in [-0.25, -0.2) is 5.43 Å². The van der Waals surface area contributed by atoms with E-state index in [-0.39, 0.29) is 17.9 Å². The molecule has 0 saturated heterocycles. The number of methoxy groups -OCH3 is 2. The summed E-state index contributed by atoms with van der Waals surface area (Å²) in [5, 5.41) is 4.13. The van der Waals surface area contributed by atoms with Crippen LogP contribution in [-0.4, -0.2) is 32.4 Å². The number of rotatable bonds is 7. The molecule has 28 heavy (non-hydrogen) atoms. The van der Waals surface area contributed by atoms with Gasteiger partial charge in [0.05, 0.1) is 19.9 Å². The molecule has 0 aliphatic rings. The average Bonchev–Trinajstić information content (AvgIpc) is 2.69. The Labute approximate surface area is 166 Å². The lowest BCUT2D eigenvalue weighted by atomic mass is 9.87. The van der Waals surface area contributed by atoms with Crippen LogP contribution in [0.1, 0.15) is 38.8 Å². The standard InChI is InChI=1S/C22H28N2O4/c1-15(19-12-11-18(26-5)13-20(19)27-6)23-24-21(25)14-28-17-9-7-16(8-10-17)22(2,3)4/h7-13H,14H2,1-6H3,(H,24,25). The van der Waals surface area contributed by atoms with Crippen molar-refractivity contribution in [3.63, 3.8) is 0 Å². The number of nitrogens with zero attached hydrogens (tertiary/aromatic N) is 1. The first-order chi connectivity index (χ1) is 13.2. The fraction of sp³-hybridized carbons (Fsp3) is 0.364. The van der Waals surface area contributed by atoms with Crippen LogP contribution in [-0.2, 0) is 10.2 Å². The molecule has 0 bridgehead atoms. The summed E-state index contributed by atoms with van der Waals surface area (Å²) in [5.74, 6) is 1.60. The molecule has 0 aromatic heterocycles. The summed E-state index contributed by atoms with van der Waals surface area (Å²) >= 11 is 0. The fourth-order valence-electron chi connectivity index (χ4n) is 2.54. The van der Waals surface area contributed by atoms with Crippen molar-refractivity contribution >= 4 is 11.6 Å². The Morgan fingerprint density at radius 1 is 1.00 bits per heavy atom. The Morgan fingerprint density at radius 2 is 1.64 bits per heavy atom. The Bertz CT molecular complexity index is 837. The van der Waals surface area contributed by atoms with E-state index in [1.165, 1.54) is 5.56 Å². The molecule has 0 atom stereocenters. The van der Waals surface area contributed by atoms with Gasteiger partial charge in [-0.1, -0.05) is 32.9 Å². The number of ether oxygens (including phenoxy) is 3. The maximum Gasteiger partial charge on any atom is 0.277 e. The highest BCUT2D eigenvalue weighted by Crippen LogP contribution is 2.25. The molecule has 0 fully saturated rings. The molecular weight excluding hydrogens is 356 g/mol. The van der Waals surface area contributed by atoms with Gasteiger partial charge >= 0.3 is 0 Å². The van der Waals surface area contributed by atoms with Crippen molar-refractivity contribution < 1.29 is 19.0 Å². The van der Waals surface area contributed by atoms with Gasteiger partial charge in [0.15, 0.2) is 6.61 Å². The number of hydrogen-bond donors (Lipinski definition) is 1. The first kappa shape index (κ1) is 21.3. The van der Waals surface area contributed by atoms with Gasteiger partial charge in [0.2, 0.25) is 0 Å². The smallest absolute Gasteiger partial charge is 0.277 e. The Balaban J connectivity index is 1.94. The predicted octanol–water partition coefficient (Wildman–Crippen LogP) is 3.92. The van der Waals surface area contributed by atoms with Crippen molar-refractivity contribution in [2.45, 2.75) is 33.1 Å². The van der Waals surface area contributed by atoms with Gasteiger partial charge in [-0.05, 0) is 42.2 Å². The third-order valence-corrected chi connectivity index (χ3v) is 4.24. The Hall–Kier alpha value is -3.02. The van der Waals surface area contributed by atoms with Crippen LogP contribution in [0.4, 0.5) is 0 Å². The summed E-state index contributed by atoms with van der Waals surface area (Å²) in [7, 11) is 3.16. The molecule has 0 radical (unpaired) electrons. The highest BCUT2D eigenvalue weighted by molar-refractivity contribution is 6.01. The Kier molecular flexibility index (Phi) is 7.04. The minimum Gasteiger partial charge on any atom is -0.497 e. The fourth-order valence-corrected chi connectivity index (χ4v) is 2.54. The predicted molar refractivity (Wildman–Crippen MR) is 111 cm³/mol. The molecule has 0 aliphatic carbocycles. The zero-order chi connectivity index (χ0) is 20.7. The molecule has 1 amide bonds. The van der Waals surface area contributed by atoms with Gasteiger partial charge in [0, 0.05) is 11.6 Å². The second-order valence-corrected chi connectivity index (χ2v) is 7.36. The van der Waals surface area contributed by atoms with Crippen molar-refractivity contribution in [3.8, 4) is 17.2 Å². The van der Waals surface area contributed by atoms with Crippen LogP contribution in [0.15, 0.2) is 47.6 Å². The Morgan fingerprint density at radius 3 is 2.21 bits per heavy atom. The van der Waals surface area contributed by atoms with Gasteiger partial charge in [-0.3, -0.25) is 4.79 Å². The summed E-state index contributed by atoms with van der Waals surface area (Å²) in [6, 6.07) is 13.1. The maximum atomic E-state index is 12.0. The van der Waals surface area contributed by atoms with E-state index < -0.39 is 0 Å². The number of nitrogens with one attached hydrogen (secondary N) is 1. The third kappa shape index (κ3) is 5.74. The van der Waals surface area contributed by atoms with Crippen LogP contribution in [0.5, 0.6) is 17.2 Å². The summed E-state index contributed by atoms with van der Waals surface area (Å²) < 4.78 is 16.1. The molecule has 0 saturated carbocycles. The number of carbonyl (C=O) groups is 1. The summed E-state index contributed by atoms with van der Waals surface area (Å²) in [4.78, 5) is 12.0. The van der Waals surface area contributed by atoms with Crippen LogP contribution in [0.2, 0.25) is 0 Å². The molecule has 150 valence electrons. The molecular formula is C22H28N2O4. The molecule has 2 aromatic carbocycles. The van der Waals surface area contributed by atoms with Gasteiger partial charge in [-0.2, -0.15) is 5.10 Å². The number of amides is 1. The molecule has 6 nitrogen and oxygen atoms in total. The van der Waals surface area contributed by atoms with E-state index in [1.807, 2.05) is 36.4 Å². The zero-order valence-electron chi connectivity index (χ0n) is 17.3. The second kappa shape index (κ2) is 9.26. The molecule has 6 heteroatoms. The molecule has 0 unspecified atom stereocenters. The summed E-state index contributed by atoms with van der Waals surface area (Å²) in [6.07, 6.45) is 0. The maximum absolute atomic E-state index is 12.0. The highest BCUT2D eigenvalue weighted by atomic mass is 16.5. The summed E-state index contributed by atoms with van der Waals surface area (Å²) in [5.41, 5.74) is 5.16. The van der Waals surface area contributed by atoms with E-state index in [0.29, 0.717) is 23.0 Å². The van der Waals surface area contributed by atoms with Crippen LogP contribution >= 0.6 is 0 Å². The van der Waals surface area contributed by atoms with E-state index in [9.17, 15) is 4.79 Å². The van der Waals surface area contributed by atoms with Crippen molar-refractivity contribution in [2.24, 2.45) is 5.10 Å². The monoisotopic (exact) mass is 384 g/mol. The van der Waals surface area contributed by atoms with Crippen LogP contribution in [0.3, 0.4) is 0 Å². The normalized spacial score (nSPS) is 11.7. The zero-order valence-corrected chi connectivity index (χ0v) is 17.3.